The number of pyridine rings is 1. The van der Waals surface area contributed by atoms with Crippen LogP contribution in [-0.2, 0) is 11.3 Å². The third-order valence-corrected chi connectivity index (χ3v) is 3.45. The molecule has 0 fully saturated rings. The molecule has 0 spiro atoms. The minimum absolute atomic E-state index is 0.0604. The molecule has 1 amide bonds. The standard InChI is InChI=1S/C16H18N6O/c1-12-9-13(2)22(20-12)7-5-16(23)19-14-3-4-15(18-10-14)21-8-6-17-11-21/h3-4,6,8-11H,5,7H2,1-2H3,(H,19,23). The largest absolute Gasteiger partial charge is 0.325 e. The number of rotatable bonds is 5. The van der Waals surface area contributed by atoms with E-state index in [0.717, 1.165) is 17.2 Å². The van der Waals surface area contributed by atoms with Crippen molar-refractivity contribution >= 4 is 11.6 Å². The Morgan fingerprint density at radius 1 is 1.30 bits per heavy atom. The number of amides is 1. The molecule has 3 aromatic rings. The molecule has 0 unspecified atom stereocenters. The fourth-order valence-electron chi connectivity index (χ4n) is 2.34. The molecule has 118 valence electrons. The summed E-state index contributed by atoms with van der Waals surface area (Å²) in [6.45, 7) is 4.49. The molecule has 23 heavy (non-hydrogen) atoms. The Morgan fingerprint density at radius 2 is 2.17 bits per heavy atom. The molecule has 0 aliphatic carbocycles. The van der Waals surface area contributed by atoms with Gasteiger partial charge in [-0.25, -0.2) is 9.97 Å². The molecular formula is C16H18N6O. The smallest absolute Gasteiger partial charge is 0.226 e. The second-order valence-electron chi connectivity index (χ2n) is 5.32. The van der Waals surface area contributed by atoms with Gasteiger partial charge in [0.25, 0.3) is 0 Å². The molecule has 0 aliphatic heterocycles. The normalized spacial score (nSPS) is 10.7. The zero-order valence-corrected chi connectivity index (χ0v) is 13.1. The number of aromatic nitrogens is 5. The zero-order valence-electron chi connectivity index (χ0n) is 13.1. The van der Waals surface area contributed by atoms with Gasteiger partial charge in [0, 0.05) is 31.1 Å². The summed E-state index contributed by atoms with van der Waals surface area (Å²) >= 11 is 0. The number of nitrogens with zero attached hydrogens (tertiary/aromatic N) is 5. The molecule has 0 aliphatic rings. The molecule has 0 radical (unpaired) electrons. The van der Waals surface area contributed by atoms with Crippen molar-refractivity contribution in [1.29, 1.82) is 0 Å². The van der Waals surface area contributed by atoms with Gasteiger partial charge in [0.15, 0.2) is 0 Å². The fraction of sp³-hybridized carbons (Fsp3) is 0.250. The van der Waals surface area contributed by atoms with E-state index in [1.165, 1.54) is 0 Å². The maximum Gasteiger partial charge on any atom is 0.226 e. The molecule has 0 saturated carbocycles. The fourth-order valence-corrected chi connectivity index (χ4v) is 2.34. The van der Waals surface area contributed by atoms with Gasteiger partial charge in [-0.1, -0.05) is 0 Å². The number of carbonyl (C=O) groups excluding carboxylic acids is 1. The van der Waals surface area contributed by atoms with E-state index >= 15 is 0 Å². The van der Waals surface area contributed by atoms with Gasteiger partial charge in [-0.2, -0.15) is 5.10 Å². The Balaban J connectivity index is 1.56. The SMILES string of the molecule is Cc1cc(C)n(CCC(=O)Nc2ccc(-n3ccnc3)nc2)n1. The Bertz CT molecular complexity index is 789. The van der Waals surface area contributed by atoms with E-state index in [0.29, 0.717) is 18.7 Å². The van der Waals surface area contributed by atoms with Crippen LogP contribution < -0.4 is 5.32 Å². The first-order valence-corrected chi connectivity index (χ1v) is 7.37. The van der Waals surface area contributed by atoms with Crippen molar-refractivity contribution in [2.75, 3.05) is 5.32 Å². The van der Waals surface area contributed by atoms with Crippen LogP contribution in [0.5, 0.6) is 0 Å². The first kappa shape index (κ1) is 15.0. The molecule has 3 heterocycles. The van der Waals surface area contributed by atoms with Crippen LogP contribution >= 0.6 is 0 Å². The van der Waals surface area contributed by atoms with Crippen molar-refractivity contribution < 1.29 is 4.79 Å². The molecule has 7 heteroatoms. The zero-order chi connectivity index (χ0) is 16.2. The average molecular weight is 310 g/mol. The topological polar surface area (TPSA) is 77.6 Å². The van der Waals surface area contributed by atoms with E-state index in [2.05, 4.69) is 20.4 Å². The highest BCUT2D eigenvalue weighted by molar-refractivity contribution is 5.90. The number of aryl methyl sites for hydroxylation is 3. The molecule has 7 nitrogen and oxygen atoms in total. The summed E-state index contributed by atoms with van der Waals surface area (Å²) in [5.41, 5.74) is 2.69. The van der Waals surface area contributed by atoms with Crippen LogP contribution in [0.15, 0.2) is 43.1 Å². The van der Waals surface area contributed by atoms with Crippen LogP contribution in [0.4, 0.5) is 5.69 Å². The lowest BCUT2D eigenvalue weighted by Gasteiger charge is -2.07. The van der Waals surface area contributed by atoms with Crippen LogP contribution in [0.25, 0.3) is 5.82 Å². The van der Waals surface area contributed by atoms with Gasteiger partial charge < -0.3 is 5.32 Å². The summed E-state index contributed by atoms with van der Waals surface area (Å²) in [6.07, 6.45) is 7.18. The molecular weight excluding hydrogens is 292 g/mol. The minimum Gasteiger partial charge on any atom is -0.325 e. The minimum atomic E-state index is -0.0604. The number of hydrogen-bond acceptors (Lipinski definition) is 4. The molecule has 0 bridgehead atoms. The second-order valence-corrected chi connectivity index (χ2v) is 5.32. The Hall–Kier alpha value is -2.96. The summed E-state index contributed by atoms with van der Waals surface area (Å²) in [5.74, 6) is 0.692. The first-order chi connectivity index (χ1) is 11.1. The van der Waals surface area contributed by atoms with E-state index in [1.54, 1.807) is 23.3 Å². The molecule has 0 atom stereocenters. The highest BCUT2D eigenvalue weighted by Gasteiger charge is 2.06. The Morgan fingerprint density at radius 3 is 2.78 bits per heavy atom. The van der Waals surface area contributed by atoms with Crippen molar-refractivity contribution in [2.45, 2.75) is 26.8 Å². The number of nitrogens with one attached hydrogen (secondary N) is 1. The molecule has 1 N–H and O–H groups in total. The Kier molecular flexibility index (Phi) is 4.18. The van der Waals surface area contributed by atoms with Crippen LogP contribution in [0.2, 0.25) is 0 Å². The first-order valence-electron chi connectivity index (χ1n) is 7.37. The van der Waals surface area contributed by atoms with Gasteiger partial charge in [-0.15, -0.1) is 0 Å². The predicted octanol–water partition coefficient (Wildman–Crippen LogP) is 2.11. The van der Waals surface area contributed by atoms with E-state index in [9.17, 15) is 4.79 Å². The van der Waals surface area contributed by atoms with Crippen LogP contribution in [0, 0.1) is 13.8 Å². The number of hydrogen-bond donors (Lipinski definition) is 1. The number of imidazole rings is 1. The maximum absolute atomic E-state index is 12.0. The van der Waals surface area contributed by atoms with Crippen molar-refractivity contribution in [3.05, 3.63) is 54.5 Å². The summed E-state index contributed by atoms with van der Waals surface area (Å²) < 4.78 is 3.64. The van der Waals surface area contributed by atoms with Crippen molar-refractivity contribution in [3.63, 3.8) is 0 Å². The summed E-state index contributed by atoms with van der Waals surface area (Å²) in [4.78, 5) is 20.3. The second kappa shape index (κ2) is 6.43. The van der Waals surface area contributed by atoms with Crippen molar-refractivity contribution in [2.24, 2.45) is 0 Å². The predicted molar refractivity (Wildman–Crippen MR) is 86.3 cm³/mol. The van der Waals surface area contributed by atoms with Crippen molar-refractivity contribution in [1.82, 2.24) is 24.3 Å². The number of carbonyl (C=O) groups is 1. The molecule has 3 aromatic heterocycles. The third-order valence-electron chi connectivity index (χ3n) is 3.45. The lowest BCUT2D eigenvalue weighted by molar-refractivity contribution is -0.116. The van der Waals surface area contributed by atoms with Crippen LogP contribution in [0.1, 0.15) is 17.8 Å². The van der Waals surface area contributed by atoms with E-state index in [1.807, 2.05) is 42.9 Å². The van der Waals surface area contributed by atoms with Gasteiger partial charge >= 0.3 is 0 Å². The van der Waals surface area contributed by atoms with Gasteiger partial charge in [-0.3, -0.25) is 14.0 Å². The molecule has 3 rings (SSSR count). The van der Waals surface area contributed by atoms with Gasteiger partial charge in [-0.05, 0) is 32.0 Å². The monoisotopic (exact) mass is 310 g/mol. The highest BCUT2D eigenvalue weighted by atomic mass is 16.1. The lowest BCUT2D eigenvalue weighted by Crippen LogP contribution is -2.15. The molecule has 0 aromatic carbocycles. The van der Waals surface area contributed by atoms with E-state index in [-0.39, 0.29) is 5.91 Å². The average Bonchev–Trinajstić information content (AvgIpc) is 3.16. The number of anilines is 1. The maximum atomic E-state index is 12.0. The van der Waals surface area contributed by atoms with Gasteiger partial charge in [0.1, 0.15) is 12.1 Å². The summed E-state index contributed by atoms with van der Waals surface area (Å²) in [7, 11) is 0. The Labute approximate surface area is 134 Å². The third kappa shape index (κ3) is 3.63. The molecule has 0 saturated heterocycles. The van der Waals surface area contributed by atoms with Crippen molar-refractivity contribution in [3.8, 4) is 5.82 Å². The van der Waals surface area contributed by atoms with Gasteiger partial charge in [0.2, 0.25) is 5.91 Å². The highest BCUT2D eigenvalue weighted by Crippen LogP contribution is 2.10. The van der Waals surface area contributed by atoms with E-state index in [4.69, 9.17) is 0 Å². The van der Waals surface area contributed by atoms with Crippen LogP contribution in [-0.4, -0.2) is 30.2 Å². The summed E-state index contributed by atoms with van der Waals surface area (Å²) in [6, 6.07) is 5.65. The summed E-state index contributed by atoms with van der Waals surface area (Å²) in [5, 5.41) is 7.19. The van der Waals surface area contributed by atoms with Gasteiger partial charge in [0.05, 0.1) is 17.6 Å². The van der Waals surface area contributed by atoms with E-state index < -0.39 is 0 Å². The van der Waals surface area contributed by atoms with Crippen LogP contribution in [0.3, 0.4) is 0 Å². The quantitative estimate of drug-likeness (QED) is 0.783. The lowest BCUT2D eigenvalue weighted by atomic mass is 10.3.